The molecule has 0 aromatic heterocycles. The molecule has 0 aliphatic heterocycles. The van der Waals surface area contributed by atoms with Gasteiger partial charge in [0.2, 0.25) is 5.91 Å². The monoisotopic (exact) mass is 250 g/mol. The second-order valence-electron chi connectivity index (χ2n) is 4.74. The Kier molecular flexibility index (Phi) is 4.73. The van der Waals surface area contributed by atoms with Gasteiger partial charge in [0.1, 0.15) is 5.75 Å². The third-order valence-electron chi connectivity index (χ3n) is 3.04. The molecule has 1 N–H and O–H groups in total. The van der Waals surface area contributed by atoms with Crippen molar-refractivity contribution in [1.29, 1.82) is 0 Å². The Balaban J connectivity index is 3.01. The van der Waals surface area contributed by atoms with Crippen LogP contribution in [-0.2, 0) is 11.2 Å². The molecular formula is C14H22N2O2. The van der Waals surface area contributed by atoms with Crippen LogP contribution in [0, 0.1) is 20.8 Å². The highest BCUT2D eigenvalue weighted by Gasteiger charge is 2.13. The molecule has 0 aliphatic rings. The molecule has 0 fully saturated rings. The Labute approximate surface area is 109 Å². The molecule has 0 unspecified atom stereocenters. The zero-order valence-electron chi connectivity index (χ0n) is 12.0. The van der Waals surface area contributed by atoms with Crippen LogP contribution in [0.25, 0.3) is 0 Å². The molecule has 100 valence electrons. The van der Waals surface area contributed by atoms with Gasteiger partial charge in [0.05, 0.1) is 13.5 Å². The van der Waals surface area contributed by atoms with Gasteiger partial charge in [-0.25, -0.2) is 5.01 Å². The van der Waals surface area contributed by atoms with Crippen LogP contribution >= 0.6 is 0 Å². The number of rotatable bonds is 4. The summed E-state index contributed by atoms with van der Waals surface area (Å²) in [4.78, 5) is 11.8. The minimum atomic E-state index is -0.00735. The van der Waals surface area contributed by atoms with E-state index in [9.17, 15) is 4.79 Å². The van der Waals surface area contributed by atoms with Gasteiger partial charge in [-0.05, 0) is 43.0 Å². The van der Waals surface area contributed by atoms with Crippen LogP contribution in [0.4, 0.5) is 0 Å². The summed E-state index contributed by atoms with van der Waals surface area (Å²) in [5, 5.41) is 1.65. The molecule has 4 heteroatoms. The first-order valence-corrected chi connectivity index (χ1v) is 5.97. The van der Waals surface area contributed by atoms with E-state index in [2.05, 4.69) is 5.43 Å². The van der Waals surface area contributed by atoms with Crippen LogP contribution in [-0.4, -0.2) is 32.1 Å². The fourth-order valence-electron chi connectivity index (χ4n) is 2.10. The van der Waals surface area contributed by atoms with Crippen molar-refractivity contribution >= 4 is 5.91 Å². The quantitative estimate of drug-likeness (QED) is 0.828. The molecule has 18 heavy (non-hydrogen) atoms. The second kappa shape index (κ2) is 5.87. The summed E-state index contributed by atoms with van der Waals surface area (Å²) in [5.41, 5.74) is 7.08. The number of carbonyl (C=O) groups is 1. The fraction of sp³-hybridized carbons (Fsp3) is 0.500. The van der Waals surface area contributed by atoms with Crippen molar-refractivity contribution in [3.63, 3.8) is 0 Å². The number of hydrazine groups is 1. The van der Waals surface area contributed by atoms with Crippen molar-refractivity contribution < 1.29 is 9.53 Å². The van der Waals surface area contributed by atoms with Crippen LogP contribution < -0.4 is 10.2 Å². The van der Waals surface area contributed by atoms with E-state index in [-0.39, 0.29) is 5.91 Å². The van der Waals surface area contributed by atoms with E-state index >= 15 is 0 Å². The average molecular weight is 250 g/mol. The summed E-state index contributed by atoms with van der Waals surface area (Å²) < 4.78 is 5.37. The molecule has 0 saturated carbocycles. The number of benzene rings is 1. The smallest absolute Gasteiger partial charge is 0.238 e. The number of hydrogen-bond acceptors (Lipinski definition) is 3. The minimum Gasteiger partial charge on any atom is -0.496 e. The molecule has 4 nitrogen and oxygen atoms in total. The van der Waals surface area contributed by atoms with Crippen LogP contribution in [0.2, 0.25) is 0 Å². The number of methoxy groups -OCH3 is 1. The maximum atomic E-state index is 11.8. The highest BCUT2D eigenvalue weighted by atomic mass is 16.5. The molecule has 0 radical (unpaired) electrons. The lowest BCUT2D eigenvalue weighted by atomic mass is 9.96. The molecular weight excluding hydrogens is 228 g/mol. The lowest BCUT2D eigenvalue weighted by Gasteiger charge is -2.17. The number of nitrogens with zero attached hydrogens (tertiary/aromatic N) is 1. The van der Waals surface area contributed by atoms with Crippen LogP contribution in [0.15, 0.2) is 6.07 Å². The highest BCUT2D eigenvalue weighted by Crippen LogP contribution is 2.28. The van der Waals surface area contributed by atoms with Crippen molar-refractivity contribution in [2.24, 2.45) is 0 Å². The molecule has 0 saturated heterocycles. The summed E-state index contributed by atoms with van der Waals surface area (Å²) >= 11 is 0. The summed E-state index contributed by atoms with van der Waals surface area (Å²) in [5.74, 6) is 0.899. The van der Waals surface area contributed by atoms with E-state index in [1.54, 1.807) is 26.2 Å². The highest BCUT2D eigenvalue weighted by molar-refractivity contribution is 5.78. The molecule has 0 atom stereocenters. The van der Waals surface area contributed by atoms with Crippen molar-refractivity contribution in [2.45, 2.75) is 27.2 Å². The standard InChI is InChI=1S/C14H22N2O2/c1-9-7-12(8-13(17)15-16(4)5)10(2)11(3)14(9)18-6/h7H,8H2,1-6H3,(H,15,17). The van der Waals surface area contributed by atoms with E-state index in [0.29, 0.717) is 6.42 Å². The first kappa shape index (κ1) is 14.5. The summed E-state index contributed by atoms with van der Waals surface area (Å²) in [6.45, 7) is 6.04. The number of carbonyl (C=O) groups excluding carboxylic acids is 1. The first-order chi connectivity index (χ1) is 8.36. The normalized spacial score (nSPS) is 10.6. The van der Waals surface area contributed by atoms with Crippen molar-refractivity contribution in [3.8, 4) is 5.75 Å². The zero-order valence-corrected chi connectivity index (χ0v) is 12.0. The van der Waals surface area contributed by atoms with E-state index in [4.69, 9.17) is 4.74 Å². The Morgan fingerprint density at radius 2 is 1.89 bits per heavy atom. The van der Waals surface area contributed by atoms with Crippen molar-refractivity contribution in [1.82, 2.24) is 10.4 Å². The Bertz CT molecular complexity index is 454. The van der Waals surface area contributed by atoms with Gasteiger partial charge >= 0.3 is 0 Å². The Morgan fingerprint density at radius 1 is 1.28 bits per heavy atom. The third kappa shape index (κ3) is 3.23. The SMILES string of the molecule is COc1c(C)cc(CC(=O)NN(C)C)c(C)c1C. The maximum absolute atomic E-state index is 11.8. The third-order valence-corrected chi connectivity index (χ3v) is 3.04. The lowest BCUT2D eigenvalue weighted by Crippen LogP contribution is -2.37. The number of nitrogens with one attached hydrogen (secondary N) is 1. The van der Waals surface area contributed by atoms with Crippen molar-refractivity contribution in [2.75, 3.05) is 21.2 Å². The molecule has 1 aromatic carbocycles. The summed E-state index contributed by atoms with van der Waals surface area (Å²) in [7, 11) is 5.28. The van der Waals surface area contributed by atoms with E-state index in [1.165, 1.54) is 0 Å². The molecule has 0 heterocycles. The topological polar surface area (TPSA) is 41.6 Å². The molecule has 1 amide bonds. The predicted octanol–water partition coefficient (Wildman–Crippen LogP) is 1.76. The molecule has 1 aromatic rings. The second-order valence-corrected chi connectivity index (χ2v) is 4.74. The lowest BCUT2D eigenvalue weighted by molar-refractivity contribution is -0.124. The van der Waals surface area contributed by atoms with Gasteiger partial charge in [0, 0.05) is 14.1 Å². The first-order valence-electron chi connectivity index (χ1n) is 5.97. The van der Waals surface area contributed by atoms with E-state index in [0.717, 1.165) is 28.0 Å². The molecule has 0 spiro atoms. The zero-order chi connectivity index (χ0) is 13.9. The number of amides is 1. The molecule has 0 aliphatic carbocycles. The Hall–Kier alpha value is -1.55. The van der Waals surface area contributed by atoms with Crippen LogP contribution in [0.1, 0.15) is 22.3 Å². The van der Waals surface area contributed by atoms with Crippen molar-refractivity contribution in [3.05, 3.63) is 28.3 Å². The van der Waals surface area contributed by atoms with Gasteiger partial charge in [-0.3, -0.25) is 10.2 Å². The van der Waals surface area contributed by atoms with Gasteiger partial charge in [-0.2, -0.15) is 0 Å². The van der Waals surface area contributed by atoms with Gasteiger partial charge in [0.15, 0.2) is 0 Å². The summed E-state index contributed by atoms with van der Waals surface area (Å²) in [6, 6.07) is 2.02. The minimum absolute atomic E-state index is 0.00735. The van der Waals surface area contributed by atoms with Crippen LogP contribution in [0.3, 0.4) is 0 Å². The fourth-order valence-corrected chi connectivity index (χ4v) is 2.10. The largest absolute Gasteiger partial charge is 0.496 e. The molecule has 0 bridgehead atoms. The van der Waals surface area contributed by atoms with E-state index < -0.39 is 0 Å². The Morgan fingerprint density at radius 3 is 2.39 bits per heavy atom. The van der Waals surface area contributed by atoms with Gasteiger partial charge < -0.3 is 4.74 Å². The summed E-state index contributed by atoms with van der Waals surface area (Å²) in [6.07, 6.45) is 0.385. The number of aryl methyl sites for hydroxylation is 1. The average Bonchev–Trinajstić information content (AvgIpc) is 2.25. The van der Waals surface area contributed by atoms with Gasteiger partial charge in [-0.1, -0.05) is 6.07 Å². The van der Waals surface area contributed by atoms with Gasteiger partial charge in [0.25, 0.3) is 0 Å². The predicted molar refractivity (Wildman–Crippen MR) is 72.7 cm³/mol. The number of hydrogen-bond donors (Lipinski definition) is 1. The van der Waals surface area contributed by atoms with E-state index in [1.807, 2.05) is 26.8 Å². The van der Waals surface area contributed by atoms with Crippen LogP contribution in [0.5, 0.6) is 5.75 Å². The van der Waals surface area contributed by atoms with Gasteiger partial charge in [-0.15, -0.1) is 0 Å². The molecule has 1 rings (SSSR count). The maximum Gasteiger partial charge on any atom is 0.238 e. The number of ether oxygens (including phenoxy) is 1.